The van der Waals surface area contributed by atoms with Crippen molar-refractivity contribution in [3.8, 4) is 11.5 Å². The standard InChI is InChI=1S/C20H26N4O3/c1-4-22-20(23-13-14-7-6-8-15(11-14)19(21)25)24-16-9-10-17(27-5-2)18(12-16)26-3/h6-12H,4-5,13H2,1-3H3,(H2,21,25)(H2,22,23,24). The number of amides is 1. The number of benzene rings is 2. The van der Waals surface area contributed by atoms with E-state index in [4.69, 9.17) is 15.2 Å². The van der Waals surface area contributed by atoms with Crippen LogP contribution in [0.5, 0.6) is 11.5 Å². The van der Waals surface area contributed by atoms with Gasteiger partial charge in [0.25, 0.3) is 0 Å². The first kappa shape index (κ1) is 20.1. The molecule has 0 atom stereocenters. The van der Waals surface area contributed by atoms with Crippen LogP contribution in [0.4, 0.5) is 5.69 Å². The van der Waals surface area contributed by atoms with Gasteiger partial charge >= 0.3 is 0 Å². The summed E-state index contributed by atoms with van der Waals surface area (Å²) in [6.07, 6.45) is 0. The van der Waals surface area contributed by atoms with Crippen molar-refractivity contribution in [2.24, 2.45) is 10.7 Å². The summed E-state index contributed by atoms with van der Waals surface area (Å²) in [5.74, 6) is 1.50. The van der Waals surface area contributed by atoms with Crippen molar-refractivity contribution >= 4 is 17.6 Å². The van der Waals surface area contributed by atoms with Crippen LogP contribution in [0, 0.1) is 0 Å². The van der Waals surface area contributed by atoms with Crippen LogP contribution in [-0.2, 0) is 6.54 Å². The van der Waals surface area contributed by atoms with Gasteiger partial charge in [-0.1, -0.05) is 12.1 Å². The largest absolute Gasteiger partial charge is 0.493 e. The van der Waals surface area contributed by atoms with Crippen molar-refractivity contribution in [3.63, 3.8) is 0 Å². The van der Waals surface area contributed by atoms with E-state index in [-0.39, 0.29) is 0 Å². The van der Waals surface area contributed by atoms with Gasteiger partial charge in [0, 0.05) is 23.9 Å². The lowest BCUT2D eigenvalue weighted by Crippen LogP contribution is -2.30. The molecule has 0 heterocycles. The molecule has 4 N–H and O–H groups in total. The molecule has 2 aromatic rings. The van der Waals surface area contributed by atoms with Crippen molar-refractivity contribution in [3.05, 3.63) is 53.6 Å². The summed E-state index contributed by atoms with van der Waals surface area (Å²) in [5, 5.41) is 6.43. The highest BCUT2D eigenvalue weighted by atomic mass is 16.5. The second-order valence-corrected chi connectivity index (χ2v) is 5.68. The van der Waals surface area contributed by atoms with Crippen LogP contribution in [0.1, 0.15) is 29.8 Å². The maximum absolute atomic E-state index is 11.3. The number of carbonyl (C=O) groups excluding carboxylic acids is 1. The quantitative estimate of drug-likeness (QED) is 0.490. The number of primary amides is 1. The third-order valence-corrected chi connectivity index (χ3v) is 3.70. The molecule has 7 nitrogen and oxygen atoms in total. The lowest BCUT2D eigenvalue weighted by Gasteiger charge is -2.14. The van der Waals surface area contributed by atoms with Crippen LogP contribution in [0.15, 0.2) is 47.5 Å². The Morgan fingerprint density at radius 1 is 1.15 bits per heavy atom. The summed E-state index contributed by atoms with van der Waals surface area (Å²) >= 11 is 0. The second-order valence-electron chi connectivity index (χ2n) is 5.68. The van der Waals surface area contributed by atoms with Crippen molar-refractivity contribution in [1.29, 1.82) is 0 Å². The predicted molar refractivity (Wildman–Crippen MR) is 108 cm³/mol. The highest BCUT2D eigenvalue weighted by molar-refractivity contribution is 5.94. The Labute approximate surface area is 159 Å². The zero-order chi connectivity index (χ0) is 19.6. The van der Waals surface area contributed by atoms with E-state index in [9.17, 15) is 4.79 Å². The summed E-state index contributed by atoms with van der Waals surface area (Å²) in [7, 11) is 1.60. The van der Waals surface area contributed by atoms with E-state index < -0.39 is 5.91 Å². The zero-order valence-corrected chi connectivity index (χ0v) is 15.9. The number of hydrogen-bond acceptors (Lipinski definition) is 4. The van der Waals surface area contributed by atoms with E-state index in [0.29, 0.717) is 42.7 Å². The van der Waals surface area contributed by atoms with Crippen molar-refractivity contribution < 1.29 is 14.3 Å². The van der Waals surface area contributed by atoms with Crippen LogP contribution in [0.3, 0.4) is 0 Å². The number of carbonyl (C=O) groups is 1. The average Bonchev–Trinajstić information content (AvgIpc) is 2.67. The van der Waals surface area contributed by atoms with E-state index in [1.807, 2.05) is 38.1 Å². The number of nitrogens with two attached hydrogens (primary N) is 1. The van der Waals surface area contributed by atoms with Crippen molar-refractivity contribution in [2.45, 2.75) is 20.4 Å². The first-order valence-corrected chi connectivity index (χ1v) is 8.82. The molecule has 27 heavy (non-hydrogen) atoms. The molecule has 0 aliphatic carbocycles. The van der Waals surface area contributed by atoms with Gasteiger partial charge < -0.3 is 25.8 Å². The fraction of sp³-hybridized carbons (Fsp3) is 0.300. The molecule has 0 aliphatic rings. The minimum Gasteiger partial charge on any atom is -0.493 e. The summed E-state index contributed by atoms with van der Waals surface area (Å²) in [5.41, 5.74) is 7.51. The number of ether oxygens (including phenoxy) is 2. The third-order valence-electron chi connectivity index (χ3n) is 3.70. The molecule has 0 aromatic heterocycles. The molecule has 0 unspecified atom stereocenters. The smallest absolute Gasteiger partial charge is 0.248 e. The van der Waals surface area contributed by atoms with Crippen LogP contribution in [0.25, 0.3) is 0 Å². The number of anilines is 1. The Bertz CT molecular complexity index is 806. The van der Waals surface area contributed by atoms with Crippen molar-refractivity contribution in [2.75, 3.05) is 25.6 Å². The molecule has 7 heteroatoms. The number of nitrogens with zero attached hydrogens (tertiary/aromatic N) is 1. The fourth-order valence-electron chi connectivity index (χ4n) is 2.46. The molecule has 0 saturated carbocycles. The Kier molecular flexibility index (Phi) is 7.49. The molecule has 0 saturated heterocycles. The molecule has 2 rings (SSSR count). The highest BCUT2D eigenvalue weighted by Crippen LogP contribution is 2.30. The van der Waals surface area contributed by atoms with E-state index in [0.717, 1.165) is 11.3 Å². The van der Waals surface area contributed by atoms with Gasteiger partial charge in [-0.3, -0.25) is 4.79 Å². The first-order chi connectivity index (χ1) is 13.1. The van der Waals surface area contributed by atoms with Crippen molar-refractivity contribution in [1.82, 2.24) is 5.32 Å². The third kappa shape index (κ3) is 5.91. The minimum absolute atomic E-state index is 0.407. The normalized spacial score (nSPS) is 11.0. The van der Waals surface area contributed by atoms with Gasteiger partial charge in [-0.15, -0.1) is 0 Å². The number of nitrogens with one attached hydrogen (secondary N) is 2. The second kappa shape index (κ2) is 10.1. The number of methoxy groups -OCH3 is 1. The fourth-order valence-corrected chi connectivity index (χ4v) is 2.46. The molecule has 0 spiro atoms. The molecule has 0 fully saturated rings. The van der Waals surface area contributed by atoms with E-state index in [1.165, 1.54) is 0 Å². The van der Waals surface area contributed by atoms with Gasteiger partial charge in [0.05, 0.1) is 20.3 Å². The molecule has 144 valence electrons. The predicted octanol–water partition coefficient (Wildman–Crippen LogP) is 2.77. The number of hydrogen-bond donors (Lipinski definition) is 3. The molecule has 0 bridgehead atoms. The van der Waals surface area contributed by atoms with Gasteiger partial charge in [-0.2, -0.15) is 0 Å². The SMILES string of the molecule is CCNC(=NCc1cccc(C(N)=O)c1)Nc1ccc(OCC)c(OC)c1. The van der Waals surface area contributed by atoms with Gasteiger partial charge in [-0.05, 0) is 43.7 Å². The number of aliphatic imine (C=N–C) groups is 1. The Morgan fingerprint density at radius 2 is 1.96 bits per heavy atom. The van der Waals surface area contributed by atoms with E-state index >= 15 is 0 Å². The van der Waals surface area contributed by atoms with Crippen LogP contribution < -0.4 is 25.8 Å². The summed E-state index contributed by atoms with van der Waals surface area (Å²) < 4.78 is 10.9. The summed E-state index contributed by atoms with van der Waals surface area (Å²) in [6, 6.07) is 12.7. The molecule has 0 aliphatic heterocycles. The van der Waals surface area contributed by atoms with Crippen LogP contribution in [-0.4, -0.2) is 32.1 Å². The summed E-state index contributed by atoms with van der Waals surface area (Å²) in [4.78, 5) is 15.9. The molecule has 0 radical (unpaired) electrons. The van der Waals surface area contributed by atoms with Crippen LogP contribution >= 0.6 is 0 Å². The van der Waals surface area contributed by atoms with Gasteiger partial charge in [0.15, 0.2) is 17.5 Å². The molecular formula is C20H26N4O3. The highest BCUT2D eigenvalue weighted by Gasteiger charge is 2.07. The average molecular weight is 370 g/mol. The van der Waals surface area contributed by atoms with Gasteiger partial charge in [0.1, 0.15) is 0 Å². The number of rotatable bonds is 8. The maximum atomic E-state index is 11.3. The number of guanidine groups is 1. The zero-order valence-electron chi connectivity index (χ0n) is 15.9. The monoisotopic (exact) mass is 370 g/mol. The molecule has 1 amide bonds. The lowest BCUT2D eigenvalue weighted by molar-refractivity contribution is 0.1000. The van der Waals surface area contributed by atoms with E-state index in [2.05, 4.69) is 15.6 Å². The Balaban J connectivity index is 2.16. The molecular weight excluding hydrogens is 344 g/mol. The summed E-state index contributed by atoms with van der Waals surface area (Å²) in [6.45, 7) is 5.60. The lowest BCUT2D eigenvalue weighted by atomic mass is 10.1. The van der Waals surface area contributed by atoms with Crippen LogP contribution in [0.2, 0.25) is 0 Å². The Hall–Kier alpha value is -3.22. The molecule has 2 aromatic carbocycles. The Morgan fingerprint density at radius 3 is 2.63 bits per heavy atom. The van der Waals surface area contributed by atoms with Gasteiger partial charge in [-0.25, -0.2) is 4.99 Å². The first-order valence-electron chi connectivity index (χ1n) is 8.82. The topological polar surface area (TPSA) is 98.0 Å². The minimum atomic E-state index is -0.452. The maximum Gasteiger partial charge on any atom is 0.248 e. The van der Waals surface area contributed by atoms with E-state index in [1.54, 1.807) is 25.3 Å². The van der Waals surface area contributed by atoms with Gasteiger partial charge in [0.2, 0.25) is 5.91 Å².